The molecule has 0 bridgehead atoms. The smallest absolute Gasteiger partial charge is 0.256 e. The number of rotatable bonds is 7. The van der Waals surface area contributed by atoms with E-state index in [1.807, 2.05) is 47.4 Å². The predicted molar refractivity (Wildman–Crippen MR) is 140 cm³/mol. The SMILES string of the molecule is N/C=C\N(N)Cc1ccc(C(=O)Nc2cccc3c2C(=O)N(CC2CCOCC2)C3)c2ccccc12. The average Bonchev–Trinajstić information content (AvgIpc) is 3.20. The van der Waals surface area contributed by atoms with Crippen LogP contribution in [0.5, 0.6) is 0 Å². The zero-order valence-corrected chi connectivity index (χ0v) is 20.2. The van der Waals surface area contributed by atoms with E-state index in [0.29, 0.717) is 42.4 Å². The Bertz CT molecular complexity index is 1320. The Kier molecular flexibility index (Phi) is 6.88. The molecule has 0 aliphatic carbocycles. The molecule has 1 saturated heterocycles. The summed E-state index contributed by atoms with van der Waals surface area (Å²) in [4.78, 5) is 28.7. The second kappa shape index (κ2) is 10.4. The van der Waals surface area contributed by atoms with Crippen molar-refractivity contribution in [1.29, 1.82) is 0 Å². The van der Waals surface area contributed by atoms with Crippen LogP contribution in [-0.4, -0.2) is 41.5 Å². The number of nitrogens with zero attached hydrogens (tertiary/aromatic N) is 2. The fourth-order valence-corrected chi connectivity index (χ4v) is 5.16. The molecule has 0 unspecified atom stereocenters. The lowest BCUT2D eigenvalue weighted by Crippen LogP contribution is -2.32. The molecule has 2 amide bonds. The van der Waals surface area contributed by atoms with E-state index in [2.05, 4.69) is 5.32 Å². The molecule has 0 aromatic heterocycles. The number of amides is 2. The molecule has 8 heteroatoms. The number of carbonyl (C=O) groups excluding carboxylic acids is 2. The number of hydrogen-bond acceptors (Lipinski definition) is 6. The molecular weight excluding hydrogens is 454 g/mol. The summed E-state index contributed by atoms with van der Waals surface area (Å²) >= 11 is 0. The normalized spacial score (nSPS) is 16.0. The standard InChI is InChI=1S/C28H31N5O3/c29-12-13-33(30)18-20-8-9-24(23-6-2-1-5-22(20)23)27(34)31-25-7-3-4-21-17-32(28(35)26(21)25)16-19-10-14-36-15-11-19/h1-9,12-13,19H,10-11,14-18,29-30H2,(H,31,34)/b13-12-. The Balaban J connectivity index is 1.39. The maximum absolute atomic E-state index is 13.5. The highest BCUT2D eigenvalue weighted by Gasteiger charge is 2.32. The molecule has 8 nitrogen and oxygen atoms in total. The molecule has 186 valence electrons. The summed E-state index contributed by atoms with van der Waals surface area (Å²) in [6.07, 6.45) is 4.91. The Morgan fingerprint density at radius 1 is 1.08 bits per heavy atom. The zero-order chi connectivity index (χ0) is 25.1. The molecular formula is C28H31N5O3. The molecule has 0 radical (unpaired) electrons. The summed E-state index contributed by atoms with van der Waals surface area (Å²) in [6, 6.07) is 17.1. The summed E-state index contributed by atoms with van der Waals surface area (Å²) in [5.74, 6) is 6.16. The van der Waals surface area contributed by atoms with Crippen LogP contribution in [0.25, 0.3) is 10.8 Å². The van der Waals surface area contributed by atoms with Gasteiger partial charge in [-0.15, -0.1) is 0 Å². The van der Waals surface area contributed by atoms with Gasteiger partial charge in [0.05, 0.1) is 17.8 Å². The lowest BCUT2D eigenvalue weighted by atomic mass is 9.98. The number of ether oxygens (including phenoxy) is 1. The number of fused-ring (bicyclic) bond motifs is 2. The maximum Gasteiger partial charge on any atom is 0.256 e. The maximum atomic E-state index is 13.5. The van der Waals surface area contributed by atoms with Crippen LogP contribution in [0.2, 0.25) is 0 Å². The van der Waals surface area contributed by atoms with Gasteiger partial charge in [-0.25, -0.2) is 5.84 Å². The van der Waals surface area contributed by atoms with Crippen molar-refractivity contribution in [3.8, 4) is 0 Å². The van der Waals surface area contributed by atoms with Gasteiger partial charge in [0.1, 0.15) is 0 Å². The first kappa shape index (κ1) is 23.8. The van der Waals surface area contributed by atoms with Gasteiger partial charge in [0.2, 0.25) is 0 Å². The number of hydrogen-bond donors (Lipinski definition) is 3. The molecule has 5 N–H and O–H groups in total. The summed E-state index contributed by atoms with van der Waals surface area (Å²) in [5, 5.41) is 6.26. The van der Waals surface area contributed by atoms with Gasteiger partial charge in [0.25, 0.3) is 11.8 Å². The second-order valence-corrected chi connectivity index (χ2v) is 9.37. The molecule has 0 saturated carbocycles. The van der Waals surface area contributed by atoms with Crippen LogP contribution in [0.1, 0.15) is 44.7 Å². The van der Waals surface area contributed by atoms with E-state index < -0.39 is 0 Å². The van der Waals surface area contributed by atoms with Crippen molar-refractivity contribution in [2.75, 3.05) is 25.1 Å². The van der Waals surface area contributed by atoms with E-state index in [4.69, 9.17) is 16.3 Å². The summed E-state index contributed by atoms with van der Waals surface area (Å²) < 4.78 is 5.46. The molecule has 2 aliphatic rings. The van der Waals surface area contributed by atoms with Crippen molar-refractivity contribution >= 4 is 28.3 Å². The lowest BCUT2D eigenvalue weighted by Gasteiger charge is -2.26. The molecule has 0 atom stereocenters. The lowest BCUT2D eigenvalue weighted by molar-refractivity contribution is 0.0469. The van der Waals surface area contributed by atoms with Crippen molar-refractivity contribution in [2.45, 2.75) is 25.9 Å². The largest absolute Gasteiger partial charge is 0.403 e. The van der Waals surface area contributed by atoms with Crippen LogP contribution in [0.4, 0.5) is 5.69 Å². The fraction of sp³-hybridized carbons (Fsp3) is 0.286. The van der Waals surface area contributed by atoms with E-state index >= 15 is 0 Å². The first-order valence-corrected chi connectivity index (χ1v) is 12.3. The number of hydrazine groups is 1. The minimum Gasteiger partial charge on any atom is -0.403 e. The van der Waals surface area contributed by atoms with Gasteiger partial charge in [-0.1, -0.05) is 42.5 Å². The van der Waals surface area contributed by atoms with Crippen LogP contribution in [-0.2, 0) is 17.8 Å². The Morgan fingerprint density at radius 2 is 1.86 bits per heavy atom. The number of benzene rings is 3. The highest BCUT2D eigenvalue weighted by molar-refractivity contribution is 6.15. The van der Waals surface area contributed by atoms with E-state index in [1.54, 1.807) is 18.3 Å². The van der Waals surface area contributed by atoms with E-state index in [1.165, 1.54) is 11.2 Å². The van der Waals surface area contributed by atoms with E-state index in [0.717, 1.165) is 48.0 Å². The van der Waals surface area contributed by atoms with Crippen LogP contribution in [0, 0.1) is 5.92 Å². The van der Waals surface area contributed by atoms with Gasteiger partial charge in [-0.05, 0) is 52.8 Å². The third-order valence-electron chi connectivity index (χ3n) is 6.97. The van der Waals surface area contributed by atoms with Crippen molar-refractivity contribution in [3.63, 3.8) is 0 Å². The minimum absolute atomic E-state index is 0.0245. The van der Waals surface area contributed by atoms with Gasteiger partial charge in [0, 0.05) is 44.3 Å². The Labute approximate surface area is 210 Å². The molecule has 2 heterocycles. The number of nitrogens with one attached hydrogen (secondary N) is 1. The highest BCUT2D eigenvalue weighted by atomic mass is 16.5. The fourth-order valence-electron chi connectivity index (χ4n) is 5.16. The number of carbonyl (C=O) groups is 2. The van der Waals surface area contributed by atoms with Gasteiger partial charge < -0.3 is 25.7 Å². The molecule has 2 aliphatic heterocycles. The van der Waals surface area contributed by atoms with E-state index in [9.17, 15) is 9.59 Å². The molecule has 0 spiro atoms. The van der Waals surface area contributed by atoms with Gasteiger partial charge in [0.15, 0.2) is 0 Å². The van der Waals surface area contributed by atoms with Gasteiger partial charge in [-0.2, -0.15) is 0 Å². The first-order chi connectivity index (χ1) is 17.5. The summed E-state index contributed by atoms with van der Waals surface area (Å²) in [5.41, 5.74) is 9.04. The van der Waals surface area contributed by atoms with Crippen molar-refractivity contribution in [1.82, 2.24) is 9.91 Å². The van der Waals surface area contributed by atoms with E-state index in [-0.39, 0.29) is 11.8 Å². The Hall–Kier alpha value is -3.88. The topological polar surface area (TPSA) is 114 Å². The zero-order valence-electron chi connectivity index (χ0n) is 20.2. The van der Waals surface area contributed by atoms with Crippen molar-refractivity contribution in [3.05, 3.63) is 89.3 Å². The third-order valence-corrected chi connectivity index (χ3v) is 6.97. The average molecular weight is 486 g/mol. The van der Waals surface area contributed by atoms with Crippen LogP contribution < -0.4 is 16.9 Å². The number of anilines is 1. The van der Waals surface area contributed by atoms with Crippen LogP contribution in [0.3, 0.4) is 0 Å². The predicted octanol–water partition coefficient (Wildman–Crippen LogP) is 3.58. The summed E-state index contributed by atoms with van der Waals surface area (Å²) in [6.45, 7) is 3.23. The molecule has 3 aromatic rings. The van der Waals surface area contributed by atoms with Crippen LogP contribution >= 0.6 is 0 Å². The minimum atomic E-state index is -0.256. The molecule has 3 aromatic carbocycles. The molecule has 1 fully saturated rings. The van der Waals surface area contributed by atoms with Crippen molar-refractivity contribution in [2.24, 2.45) is 17.5 Å². The quantitative estimate of drug-likeness (QED) is 0.348. The van der Waals surface area contributed by atoms with Gasteiger partial charge in [-0.3, -0.25) is 9.59 Å². The molecule has 36 heavy (non-hydrogen) atoms. The Morgan fingerprint density at radius 3 is 2.64 bits per heavy atom. The molecule has 5 rings (SSSR count). The van der Waals surface area contributed by atoms with Crippen molar-refractivity contribution < 1.29 is 14.3 Å². The third kappa shape index (κ3) is 4.78. The summed E-state index contributed by atoms with van der Waals surface area (Å²) in [7, 11) is 0. The highest BCUT2D eigenvalue weighted by Crippen LogP contribution is 2.32. The second-order valence-electron chi connectivity index (χ2n) is 9.37. The van der Waals surface area contributed by atoms with Crippen LogP contribution in [0.15, 0.2) is 67.0 Å². The monoisotopic (exact) mass is 485 g/mol. The van der Waals surface area contributed by atoms with Gasteiger partial charge >= 0.3 is 0 Å². The number of nitrogens with two attached hydrogens (primary N) is 2. The first-order valence-electron chi connectivity index (χ1n) is 12.3.